The fourth-order valence-electron chi connectivity index (χ4n) is 3.01. The molecule has 3 nitrogen and oxygen atoms in total. The molecule has 2 heterocycles. The Balaban J connectivity index is 1.63. The summed E-state index contributed by atoms with van der Waals surface area (Å²) in [5, 5.41) is 1.63. The first-order valence-electron chi connectivity index (χ1n) is 8.34. The predicted molar refractivity (Wildman–Crippen MR) is 110 cm³/mol. The normalized spacial score (nSPS) is 16.8. The van der Waals surface area contributed by atoms with E-state index in [-0.39, 0.29) is 11.3 Å². The van der Waals surface area contributed by atoms with Crippen LogP contribution in [0, 0.1) is 6.92 Å². The maximum Gasteiger partial charge on any atom is 0.267 e. The standard InChI is InChI=1S/C20H17ClN2OS2/c1-13-17(26-18(22-13)14-5-3-2-4-6-14)19(24)23-11-12-25-20(23)15-7-9-16(21)10-8-15/h2-10,20H,11-12H2,1H3. The van der Waals surface area contributed by atoms with Crippen LogP contribution in [0.1, 0.15) is 26.3 Å². The van der Waals surface area contributed by atoms with Gasteiger partial charge in [-0.1, -0.05) is 54.1 Å². The smallest absolute Gasteiger partial charge is 0.267 e. The van der Waals surface area contributed by atoms with Crippen LogP contribution in [0.4, 0.5) is 0 Å². The lowest BCUT2D eigenvalue weighted by molar-refractivity contribution is 0.0764. The molecule has 0 N–H and O–H groups in total. The van der Waals surface area contributed by atoms with E-state index >= 15 is 0 Å². The molecule has 4 rings (SSSR count). The van der Waals surface area contributed by atoms with Crippen LogP contribution in [0.25, 0.3) is 10.6 Å². The molecule has 1 aromatic heterocycles. The summed E-state index contributed by atoms with van der Waals surface area (Å²) in [5.74, 6) is 0.995. The highest BCUT2D eigenvalue weighted by atomic mass is 35.5. The summed E-state index contributed by atoms with van der Waals surface area (Å²) < 4.78 is 0. The number of carbonyl (C=O) groups is 1. The number of amides is 1. The van der Waals surface area contributed by atoms with Crippen LogP contribution in [-0.2, 0) is 0 Å². The summed E-state index contributed by atoms with van der Waals surface area (Å²) in [6.45, 7) is 2.66. The molecule has 0 spiro atoms. The number of carbonyl (C=O) groups excluding carboxylic acids is 1. The third-order valence-electron chi connectivity index (χ3n) is 4.32. The number of rotatable bonds is 3. The Morgan fingerprint density at radius 3 is 2.62 bits per heavy atom. The summed E-state index contributed by atoms with van der Waals surface area (Å²) in [7, 11) is 0. The van der Waals surface area contributed by atoms with E-state index in [1.54, 1.807) is 11.8 Å². The fraction of sp³-hybridized carbons (Fsp3) is 0.200. The van der Waals surface area contributed by atoms with Gasteiger partial charge in [-0.2, -0.15) is 0 Å². The van der Waals surface area contributed by atoms with Crippen LogP contribution in [0.3, 0.4) is 0 Å². The molecule has 1 amide bonds. The van der Waals surface area contributed by atoms with E-state index in [0.717, 1.165) is 39.0 Å². The highest BCUT2D eigenvalue weighted by Crippen LogP contribution is 2.40. The van der Waals surface area contributed by atoms with Gasteiger partial charge in [0.15, 0.2) is 0 Å². The van der Waals surface area contributed by atoms with Crippen LogP contribution in [0.15, 0.2) is 54.6 Å². The molecule has 0 bridgehead atoms. The van der Waals surface area contributed by atoms with Gasteiger partial charge in [0.05, 0.1) is 5.69 Å². The molecule has 0 aliphatic carbocycles. The monoisotopic (exact) mass is 400 g/mol. The van der Waals surface area contributed by atoms with Crippen molar-refractivity contribution in [1.82, 2.24) is 9.88 Å². The van der Waals surface area contributed by atoms with Gasteiger partial charge in [-0.15, -0.1) is 23.1 Å². The lowest BCUT2D eigenvalue weighted by Gasteiger charge is -2.23. The summed E-state index contributed by atoms with van der Waals surface area (Å²) in [4.78, 5) is 20.5. The SMILES string of the molecule is Cc1nc(-c2ccccc2)sc1C(=O)N1CCSC1c1ccc(Cl)cc1. The molecular weight excluding hydrogens is 384 g/mol. The fourth-order valence-corrected chi connectivity index (χ4v) is 5.42. The second-order valence-corrected chi connectivity index (χ2v) is 8.70. The molecule has 0 saturated carbocycles. The minimum Gasteiger partial charge on any atom is -0.321 e. The number of halogens is 1. The molecule has 1 aliphatic heterocycles. The van der Waals surface area contributed by atoms with E-state index in [9.17, 15) is 4.79 Å². The predicted octanol–water partition coefficient (Wildman–Crippen LogP) is 5.66. The van der Waals surface area contributed by atoms with Gasteiger partial charge in [0.2, 0.25) is 0 Å². The zero-order valence-corrected chi connectivity index (χ0v) is 16.6. The number of thiazole rings is 1. The maximum absolute atomic E-state index is 13.2. The van der Waals surface area contributed by atoms with E-state index in [0.29, 0.717) is 5.02 Å². The molecule has 0 radical (unpaired) electrons. The van der Waals surface area contributed by atoms with Gasteiger partial charge in [-0.25, -0.2) is 4.98 Å². The number of thioether (sulfide) groups is 1. The zero-order chi connectivity index (χ0) is 18.1. The first-order valence-corrected chi connectivity index (χ1v) is 10.6. The van der Waals surface area contributed by atoms with Gasteiger partial charge in [0.25, 0.3) is 5.91 Å². The number of hydrogen-bond acceptors (Lipinski definition) is 4. The maximum atomic E-state index is 13.2. The third kappa shape index (κ3) is 3.39. The second kappa shape index (κ2) is 7.43. The van der Waals surface area contributed by atoms with Crippen molar-refractivity contribution in [2.45, 2.75) is 12.3 Å². The summed E-state index contributed by atoms with van der Waals surface area (Å²) in [6, 6.07) is 17.8. The molecule has 2 aromatic carbocycles. The lowest BCUT2D eigenvalue weighted by atomic mass is 10.2. The Labute approximate surface area is 166 Å². The van der Waals surface area contributed by atoms with E-state index in [1.807, 2.05) is 66.4 Å². The number of nitrogens with zero attached hydrogens (tertiary/aromatic N) is 2. The molecule has 6 heteroatoms. The molecule has 1 unspecified atom stereocenters. The van der Waals surface area contributed by atoms with Crippen LogP contribution < -0.4 is 0 Å². The largest absolute Gasteiger partial charge is 0.321 e. The molecule has 1 fully saturated rings. The Kier molecular flexibility index (Phi) is 5.02. The topological polar surface area (TPSA) is 33.2 Å². The van der Waals surface area contributed by atoms with Crippen molar-refractivity contribution in [1.29, 1.82) is 0 Å². The Morgan fingerprint density at radius 2 is 1.88 bits per heavy atom. The molecule has 1 atom stereocenters. The van der Waals surface area contributed by atoms with Crippen LogP contribution in [0.5, 0.6) is 0 Å². The Bertz CT molecular complexity index is 925. The molecular formula is C20H17ClN2OS2. The van der Waals surface area contributed by atoms with Crippen molar-refractivity contribution in [3.63, 3.8) is 0 Å². The Morgan fingerprint density at radius 1 is 1.15 bits per heavy atom. The molecule has 3 aromatic rings. The van der Waals surface area contributed by atoms with E-state index in [2.05, 4.69) is 4.98 Å². The van der Waals surface area contributed by atoms with Crippen LogP contribution in [0.2, 0.25) is 5.02 Å². The van der Waals surface area contributed by atoms with Crippen LogP contribution in [-0.4, -0.2) is 28.1 Å². The first-order chi connectivity index (χ1) is 12.6. The average molecular weight is 401 g/mol. The minimum absolute atomic E-state index is 0.0291. The van der Waals surface area contributed by atoms with Gasteiger partial charge < -0.3 is 4.90 Å². The van der Waals surface area contributed by atoms with E-state index in [4.69, 9.17) is 11.6 Å². The molecule has 132 valence electrons. The summed E-state index contributed by atoms with van der Waals surface area (Å²) in [6.07, 6.45) is 0. The number of hydrogen-bond donors (Lipinski definition) is 0. The minimum atomic E-state index is 0.0291. The van der Waals surface area contributed by atoms with Crippen molar-refractivity contribution >= 4 is 40.6 Å². The zero-order valence-electron chi connectivity index (χ0n) is 14.2. The summed E-state index contributed by atoms with van der Waals surface area (Å²) in [5.41, 5.74) is 2.95. The van der Waals surface area contributed by atoms with Crippen molar-refractivity contribution in [2.75, 3.05) is 12.3 Å². The highest BCUT2D eigenvalue weighted by molar-refractivity contribution is 7.99. The van der Waals surface area contributed by atoms with Crippen molar-refractivity contribution < 1.29 is 4.79 Å². The van der Waals surface area contributed by atoms with Crippen LogP contribution >= 0.6 is 34.7 Å². The summed E-state index contributed by atoms with van der Waals surface area (Å²) >= 11 is 9.26. The number of benzene rings is 2. The highest BCUT2D eigenvalue weighted by Gasteiger charge is 2.33. The molecule has 26 heavy (non-hydrogen) atoms. The van der Waals surface area contributed by atoms with Crippen molar-refractivity contribution in [3.8, 4) is 10.6 Å². The van der Waals surface area contributed by atoms with E-state index in [1.165, 1.54) is 11.3 Å². The quantitative estimate of drug-likeness (QED) is 0.568. The van der Waals surface area contributed by atoms with Gasteiger partial charge in [-0.3, -0.25) is 4.79 Å². The van der Waals surface area contributed by atoms with Gasteiger partial charge in [0, 0.05) is 22.9 Å². The average Bonchev–Trinajstić information content (AvgIpc) is 3.29. The Hall–Kier alpha value is -1.82. The molecule has 1 aliphatic rings. The molecule has 1 saturated heterocycles. The van der Waals surface area contributed by atoms with E-state index < -0.39 is 0 Å². The van der Waals surface area contributed by atoms with Crippen molar-refractivity contribution in [3.05, 3.63) is 75.8 Å². The van der Waals surface area contributed by atoms with Gasteiger partial charge >= 0.3 is 0 Å². The first kappa shape index (κ1) is 17.6. The number of aryl methyl sites for hydroxylation is 1. The third-order valence-corrected chi connectivity index (χ3v) is 7.03. The number of aromatic nitrogens is 1. The van der Waals surface area contributed by atoms with Gasteiger partial charge in [0.1, 0.15) is 15.3 Å². The van der Waals surface area contributed by atoms with Gasteiger partial charge in [-0.05, 0) is 24.6 Å². The van der Waals surface area contributed by atoms with Crippen molar-refractivity contribution in [2.24, 2.45) is 0 Å². The lowest BCUT2D eigenvalue weighted by Crippen LogP contribution is -2.30. The second-order valence-electron chi connectivity index (χ2n) is 6.07.